The molecule has 1 amide bonds. The molecule has 0 fully saturated rings. The van der Waals surface area contributed by atoms with Crippen molar-refractivity contribution in [3.8, 4) is 5.75 Å². The second-order valence-electron chi connectivity index (χ2n) is 6.84. The largest absolute Gasteiger partial charge is 0.496 e. The van der Waals surface area contributed by atoms with Crippen molar-refractivity contribution in [1.29, 1.82) is 0 Å². The monoisotopic (exact) mass is 427 g/mol. The van der Waals surface area contributed by atoms with Crippen LogP contribution in [0.5, 0.6) is 5.75 Å². The number of nitrogens with one attached hydrogen (secondary N) is 1. The van der Waals surface area contributed by atoms with Gasteiger partial charge >= 0.3 is 0 Å². The highest BCUT2D eigenvalue weighted by Gasteiger charge is 2.32. The third-order valence-corrected chi connectivity index (χ3v) is 8.24. The lowest BCUT2D eigenvalue weighted by atomic mass is 9.99. The number of carbonyl (C=O) groups is 1. The minimum absolute atomic E-state index is 0.235. The highest BCUT2D eigenvalue weighted by molar-refractivity contribution is 7.92. The van der Waals surface area contributed by atoms with Gasteiger partial charge in [0.25, 0.3) is 5.91 Å². The minimum atomic E-state index is -3.75. The van der Waals surface area contributed by atoms with Crippen molar-refractivity contribution in [2.45, 2.75) is 35.5 Å². The molecule has 1 aliphatic carbocycles. The van der Waals surface area contributed by atoms with Crippen LogP contribution in [-0.4, -0.2) is 21.4 Å². The number of thiophene rings is 1. The van der Waals surface area contributed by atoms with E-state index in [4.69, 9.17) is 4.74 Å². The maximum Gasteiger partial charge on any atom is 0.260 e. The number of para-hydroxylation sites is 1. The van der Waals surface area contributed by atoms with Crippen molar-refractivity contribution >= 4 is 32.1 Å². The fourth-order valence-electron chi connectivity index (χ4n) is 3.62. The van der Waals surface area contributed by atoms with Crippen LogP contribution in [0.25, 0.3) is 0 Å². The zero-order chi connectivity index (χ0) is 20.4. The first kappa shape index (κ1) is 19.7. The minimum Gasteiger partial charge on any atom is -0.496 e. The smallest absolute Gasteiger partial charge is 0.260 e. The SMILES string of the molecule is COc1ccccc1C(=O)Nc1sc2c(c1S(=O)(=O)c1ccccc1)CCCC2. The lowest BCUT2D eigenvalue weighted by Gasteiger charge is -2.14. The summed E-state index contributed by atoms with van der Waals surface area (Å²) < 4.78 is 32.2. The van der Waals surface area contributed by atoms with Crippen molar-refractivity contribution in [1.82, 2.24) is 0 Å². The van der Waals surface area contributed by atoms with E-state index in [1.54, 1.807) is 54.6 Å². The Morgan fingerprint density at radius 1 is 1.00 bits per heavy atom. The van der Waals surface area contributed by atoms with Gasteiger partial charge in [-0.1, -0.05) is 30.3 Å². The second-order valence-corrected chi connectivity index (χ2v) is 9.83. The van der Waals surface area contributed by atoms with Crippen LogP contribution in [0.3, 0.4) is 0 Å². The highest BCUT2D eigenvalue weighted by Crippen LogP contribution is 2.43. The van der Waals surface area contributed by atoms with Crippen LogP contribution < -0.4 is 10.1 Å². The second kappa shape index (κ2) is 8.00. The molecule has 4 rings (SSSR count). The molecule has 0 aliphatic heterocycles. The number of ether oxygens (including phenoxy) is 1. The normalized spacial score (nSPS) is 13.6. The molecule has 29 heavy (non-hydrogen) atoms. The molecular formula is C22H21NO4S2. The van der Waals surface area contributed by atoms with Crippen molar-refractivity contribution in [2.24, 2.45) is 0 Å². The topological polar surface area (TPSA) is 72.5 Å². The van der Waals surface area contributed by atoms with Crippen molar-refractivity contribution in [3.63, 3.8) is 0 Å². The number of anilines is 1. The number of carbonyl (C=O) groups excluding carboxylic acids is 1. The van der Waals surface area contributed by atoms with Gasteiger partial charge in [0.15, 0.2) is 0 Å². The number of methoxy groups -OCH3 is 1. The zero-order valence-corrected chi connectivity index (χ0v) is 17.6. The average molecular weight is 428 g/mol. The molecule has 1 heterocycles. The number of hydrogen-bond donors (Lipinski definition) is 1. The number of benzene rings is 2. The fourth-order valence-corrected chi connectivity index (χ4v) is 6.92. The number of aryl methyl sites for hydroxylation is 1. The molecule has 3 aromatic rings. The van der Waals surface area contributed by atoms with E-state index in [1.165, 1.54) is 18.4 Å². The third-order valence-electron chi connectivity index (χ3n) is 5.02. The number of hydrogen-bond acceptors (Lipinski definition) is 5. The lowest BCUT2D eigenvalue weighted by molar-refractivity contribution is 0.102. The summed E-state index contributed by atoms with van der Waals surface area (Å²) in [7, 11) is -2.25. The van der Waals surface area contributed by atoms with E-state index in [1.807, 2.05) is 0 Å². The van der Waals surface area contributed by atoms with Gasteiger partial charge in [0, 0.05) is 4.88 Å². The van der Waals surface area contributed by atoms with Gasteiger partial charge in [-0.3, -0.25) is 4.79 Å². The third kappa shape index (κ3) is 3.68. The van der Waals surface area contributed by atoms with E-state index < -0.39 is 9.84 Å². The van der Waals surface area contributed by atoms with E-state index in [-0.39, 0.29) is 15.7 Å². The molecule has 0 atom stereocenters. The summed E-state index contributed by atoms with van der Waals surface area (Å²) in [5.74, 6) is 0.0596. The molecule has 150 valence electrons. The Morgan fingerprint density at radius 3 is 2.45 bits per heavy atom. The number of sulfone groups is 1. The van der Waals surface area contributed by atoms with Gasteiger partial charge in [0.05, 0.1) is 17.6 Å². The van der Waals surface area contributed by atoms with Crippen LogP contribution in [0, 0.1) is 0 Å². The van der Waals surface area contributed by atoms with E-state index in [2.05, 4.69) is 5.32 Å². The molecule has 1 aromatic heterocycles. The van der Waals surface area contributed by atoms with Crippen LogP contribution in [0.15, 0.2) is 64.4 Å². The quantitative estimate of drug-likeness (QED) is 0.639. The molecule has 1 N–H and O–H groups in total. The first-order valence-corrected chi connectivity index (χ1v) is 11.7. The van der Waals surface area contributed by atoms with Gasteiger partial charge in [-0.2, -0.15) is 0 Å². The molecule has 5 nitrogen and oxygen atoms in total. The Morgan fingerprint density at radius 2 is 1.69 bits per heavy atom. The molecule has 0 saturated heterocycles. The summed E-state index contributed by atoms with van der Waals surface area (Å²) >= 11 is 1.37. The summed E-state index contributed by atoms with van der Waals surface area (Å²) in [5.41, 5.74) is 1.21. The number of rotatable bonds is 5. The molecule has 2 aromatic carbocycles. The first-order valence-electron chi connectivity index (χ1n) is 9.41. The predicted molar refractivity (Wildman–Crippen MR) is 114 cm³/mol. The van der Waals surface area contributed by atoms with E-state index in [0.29, 0.717) is 22.7 Å². The Balaban J connectivity index is 1.80. The van der Waals surface area contributed by atoms with Gasteiger partial charge < -0.3 is 10.1 Å². The van der Waals surface area contributed by atoms with Gasteiger partial charge in [-0.25, -0.2) is 8.42 Å². The van der Waals surface area contributed by atoms with Crippen LogP contribution in [0.2, 0.25) is 0 Å². The molecule has 7 heteroatoms. The van der Waals surface area contributed by atoms with Crippen LogP contribution >= 0.6 is 11.3 Å². The molecule has 0 unspecified atom stereocenters. The number of fused-ring (bicyclic) bond motifs is 1. The van der Waals surface area contributed by atoms with Gasteiger partial charge in [-0.15, -0.1) is 11.3 Å². The highest BCUT2D eigenvalue weighted by atomic mass is 32.2. The molecule has 0 bridgehead atoms. The Bertz CT molecular complexity index is 1150. The number of amides is 1. The fraction of sp³-hybridized carbons (Fsp3) is 0.227. The summed E-state index contributed by atoms with van der Waals surface area (Å²) in [5, 5.41) is 3.24. The van der Waals surface area contributed by atoms with Crippen molar-refractivity contribution in [3.05, 3.63) is 70.6 Å². The Kier molecular flexibility index (Phi) is 5.43. The van der Waals surface area contributed by atoms with Crippen molar-refractivity contribution < 1.29 is 17.9 Å². The standard InChI is InChI=1S/C22H21NO4S2/c1-27-18-13-7-5-11-16(18)21(24)23-22-20(17-12-6-8-14-19(17)28-22)29(25,26)15-9-3-2-4-10-15/h2-5,7,9-11,13H,6,8,12,14H2,1H3,(H,23,24). The van der Waals surface area contributed by atoms with Gasteiger partial charge in [-0.05, 0) is 55.5 Å². The molecule has 0 saturated carbocycles. The van der Waals surface area contributed by atoms with E-state index >= 15 is 0 Å². The molecular weight excluding hydrogens is 406 g/mol. The van der Waals surface area contributed by atoms with E-state index in [0.717, 1.165) is 29.7 Å². The van der Waals surface area contributed by atoms with Crippen LogP contribution in [0.1, 0.15) is 33.6 Å². The van der Waals surface area contributed by atoms with Gasteiger partial charge in [0.2, 0.25) is 9.84 Å². The first-order chi connectivity index (χ1) is 14.0. The van der Waals surface area contributed by atoms with Gasteiger partial charge in [0.1, 0.15) is 15.6 Å². The lowest BCUT2D eigenvalue weighted by Crippen LogP contribution is -2.15. The van der Waals surface area contributed by atoms with E-state index in [9.17, 15) is 13.2 Å². The average Bonchev–Trinajstić information content (AvgIpc) is 3.12. The Hall–Kier alpha value is -2.64. The maximum atomic E-state index is 13.5. The Labute approximate surface area is 174 Å². The summed E-state index contributed by atoms with van der Waals surface area (Å²) in [4.78, 5) is 14.5. The zero-order valence-electron chi connectivity index (χ0n) is 16.0. The molecule has 0 spiro atoms. The van der Waals surface area contributed by atoms with Crippen LogP contribution in [-0.2, 0) is 22.7 Å². The van der Waals surface area contributed by atoms with Crippen molar-refractivity contribution in [2.75, 3.05) is 12.4 Å². The summed E-state index contributed by atoms with van der Waals surface area (Å²) in [6, 6.07) is 15.3. The maximum absolute atomic E-state index is 13.5. The summed E-state index contributed by atoms with van der Waals surface area (Å²) in [6.45, 7) is 0. The summed E-state index contributed by atoms with van der Waals surface area (Å²) in [6.07, 6.45) is 3.51. The van der Waals surface area contributed by atoms with Crippen LogP contribution in [0.4, 0.5) is 5.00 Å². The molecule has 1 aliphatic rings. The molecule has 0 radical (unpaired) electrons. The predicted octanol–water partition coefficient (Wildman–Crippen LogP) is 4.72.